The lowest BCUT2D eigenvalue weighted by molar-refractivity contribution is -0.123. The van der Waals surface area contributed by atoms with Crippen LogP contribution < -0.4 is 11.1 Å². The summed E-state index contributed by atoms with van der Waals surface area (Å²) >= 11 is 0. The second-order valence-corrected chi connectivity index (χ2v) is 2.66. The molecule has 0 bridgehead atoms. The normalized spacial score (nSPS) is 15.3. The molecule has 4 N–H and O–H groups in total. The molecule has 12 heavy (non-hydrogen) atoms. The van der Waals surface area contributed by atoms with Gasteiger partial charge < -0.3 is 20.9 Å². The zero-order chi connectivity index (χ0) is 9.56. The average molecular weight is 176 g/mol. The molecule has 0 aromatic carbocycles. The second kappa shape index (κ2) is 5.93. The number of ether oxygens (including phenoxy) is 1. The standard InChI is InChI=1S/C7H16N2O3/c1-5(10)3-9-7(11)6(8)4-12-2/h5-6,10H,3-4,8H2,1-2H3,(H,9,11)/t5-,6?/m0/s1. The molecule has 0 aromatic rings. The fourth-order valence-electron chi connectivity index (χ4n) is 0.635. The Morgan fingerprint density at radius 3 is 2.75 bits per heavy atom. The van der Waals surface area contributed by atoms with E-state index in [0.29, 0.717) is 0 Å². The number of nitrogens with two attached hydrogens (primary N) is 1. The lowest BCUT2D eigenvalue weighted by Crippen LogP contribution is -2.45. The average Bonchev–Trinajstić information content (AvgIpc) is 2.00. The van der Waals surface area contributed by atoms with Gasteiger partial charge in [0, 0.05) is 13.7 Å². The highest BCUT2D eigenvalue weighted by Crippen LogP contribution is 1.81. The monoisotopic (exact) mass is 176 g/mol. The molecule has 0 heterocycles. The van der Waals surface area contributed by atoms with Gasteiger partial charge in [0.1, 0.15) is 6.04 Å². The number of amides is 1. The maximum atomic E-state index is 11.0. The first-order valence-electron chi connectivity index (χ1n) is 3.78. The van der Waals surface area contributed by atoms with Crippen molar-refractivity contribution >= 4 is 5.91 Å². The maximum Gasteiger partial charge on any atom is 0.239 e. The summed E-state index contributed by atoms with van der Waals surface area (Å²) in [5.74, 6) is -0.308. The van der Waals surface area contributed by atoms with Gasteiger partial charge in [-0.15, -0.1) is 0 Å². The van der Waals surface area contributed by atoms with Gasteiger partial charge in [-0.05, 0) is 6.92 Å². The van der Waals surface area contributed by atoms with Gasteiger partial charge in [0.15, 0.2) is 0 Å². The lowest BCUT2D eigenvalue weighted by atomic mass is 10.3. The fourth-order valence-corrected chi connectivity index (χ4v) is 0.635. The molecule has 0 rings (SSSR count). The van der Waals surface area contributed by atoms with Gasteiger partial charge in [-0.1, -0.05) is 0 Å². The largest absolute Gasteiger partial charge is 0.392 e. The molecule has 0 fully saturated rings. The number of carbonyl (C=O) groups is 1. The molecular weight excluding hydrogens is 160 g/mol. The van der Waals surface area contributed by atoms with Crippen molar-refractivity contribution in [1.82, 2.24) is 5.32 Å². The van der Waals surface area contributed by atoms with Crippen LogP contribution in [-0.2, 0) is 9.53 Å². The summed E-state index contributed by atoms with van der Waals surface area (Å²) in [6, 6.07) is -0.659. The van der Waals surface area contributed by atoms with E-state index >= 15 is 0 Å². The summed E-state index contributed by atoms with van der Waals surface area (Å²) in [5, 5.41) is 11.3. The van der Waals surface area contributed by atoms with E-state index in [4.69, 9.17) is 10.8 Å². The minimum atomic E-state index is -0.659. The summed E-state index contributed by atoms with van der Waals surface area (Å²) < 4.78 is 4.68. The number of carbonyl (C=O) groups excluding carboxylic acids is 1. The molecule has 0 saturated heterocycles. The van der Waals surface area contributed by atoms with Crippen molar-refractivity contribution in [3.8, 4) is 0 Å². The Balaban J connectivity index is 3.57. The van der Waals surface area contributed by atoms with E-state index in [9.17, 15) is 4.79 Å². The number of aliphatic hydroxyl groups is 1. The number of nitrogens with one attached hydrogen (secondary N) is 1. The highest BCUT2D eigenvalue weighted by Gasteiger charge is 2.12. The van der Waals surface area contributed by atoms with Crippen molar-refractivity contribution in [2.45, 2.75) is 19.1 Å². The Bertz CT molecular complexity index is 139. The van der Waals surface area contributed by atoms with Crippen LogP contribution >= 0.6 is 0 Å². The summed E-state index contributed by atoms with van der Waals surface area (Å²) in [7, 11) is 1.47. The van der Waals surface area contributed by atoms with E-state index < -0.39 is 12.1 Å². The summed E-state index contributed by atoms with van der Waals surface area (Å²) in [6.45, 7) is 1.99. The van der Waals surface area contributed by atoms with E-state index in [-0.39, 0.29) is 19.1 Å². The Hall–Kier alpha value is -0.650. The van der Waals surface area contributed by atoms with Crippen LogP contribution in [-0.4, -0.2) is 43.4 Å². The van der Waals surface area contributed by atoms with E-state index in [1.54, 1.807) is 6.92 Å². The minimum Gasteiger partial charge on any atom is -0.392 e. The van der Waals surface area contributed by atoms with Crippen LogP contribution in [0.1, 0.15) is 6.92 Å². The van der Waals surface area contributed by atoms with Gasteiger partial charge in [0.05, 0.1) is 12.7 Å². The van der Waals surface area contributed by atoms with Gasteiger partial charge >= 0.3 is 0 Å². The Labute approximate surface area is 71.9 Å². The zero-order valence-electron chi connectivity index (χ0n) is 7.41. The summed E-state index contributed by atoms with van der Waals surface area (Å²) in [4.78, 5) is 11.0. The molecule has 0 radical (unpaired) electrons. The van der Waals surface area contributed by atoms with Crippen LogP contribution in [0.25, 0.3) is 0 Å². The Morgan fingerprint density at radius 1 is 1.75 bits per heavy atom. The van der Waals surface area contributed by atoms with E-state index in [1.165, 1.54) is 7.11 Å². The minimum absolute atomic E-state index is 0.186. The predicted molar refractivity (Wildman–Crippen MR) is 44.5 cm³/mol. The molecule has 1 unspecified atom stereocenters. The third-order valence-corrected chi connectivity index (χ3v) is 1.25. The second-order valence-electron chi connectivity index (χ2n) is 2.66. The SMILES string of the molecule is COCC(N)C(=O)NC[C@H](C)O. The molecular formula is C7H16N2O3. The van der Waals surface area contributed by atoms with Crippen LogP contribution in [0.2, 0.25) is 0 Å². The van der Waals surface area contributed by atoms with Crippen molar-refractivity contribution in [1.29, 1.82) is 0 Å². The van der Waals surface area contributed by atoms with Gasteiger partial charge in [-0.25, -0.2) is 0 Å². The zero-order valence-corrected chi connectivity index (χ0v) is 7.41. The predicted octanol–water partition coefficient (Wildman–Crippen LogP) is -1.54. The first-order valence-corrected chi connectivity index (χ1v) is 3.78. The lowest BCUT2D eigenvalue weighted by Gasteiger charge is -2.11. The van der Waals surface area contributed by atoms with Gasteiger partial charge in [0.2, 0.25) is 5.91 Å². The van der Waals surface area contributed by atoms with Crippen molar-refractivity contribution in [3.05, 3.63) is 0 Å². The van der Waals surface area contributed by atoms with Crippen LogP contribution in [0.4, 0.5) is 0 Å². The highest BCUT2D eigenvalue weighted by atomic mass is 16.5. The number of rotatable bonds is 5. The van der Waals surface area contributed by atoms with E-state index in [1.807, 2.05) is 0 Å². The first kappa shape index (κ1) is 11.4. The summed E-state index contributed by atoms with van der Waals surface area (Å²) in [5.41, 5.74) is 5.40. The number of hydrogen-bond donors (Lipinski definition) is 3. The van der Waals surface area contributed by atoms with Crippen LogP contribution in [0.3, 0.4) is 0 Å². The van der Waals surface area contributed by atoms with Gasteiger partial charge in [-0.2, -0.15) is 0 Å². The molecule has 0 aliphatic carbocycles. The van der Waals surface area contributed by atoms with Crippen molar-refractivity contribution in [3.63, 3.8) is 0 Å². The molecule has 72 valence electrons. The summed E-state index contributed by atoms with van der Waals surface area (Å²) in [6.07, 6.45) is -0.552. The smallest absolute Gasteiger partial charge is 0.239 e. The molecule has 0 spiro atoms. The van der Waals surface area contributed by atoms with Gasteiger partial charge in [0.25, 0.3) is 0 Å². The molecule has 5 heteroatoms. The molecule has 0 aliphatic heterocycles. The Morgan fingerprint density at radius 2 is 2.33 bits per heavy atom. The fraction of sp³-hybridized carbons (Fsp3) is 0.857. The number of hydrogen-bond acceptors (Lipinski definition) is 4. The van der Waals surface area contributed by atoms with Gasteiger partial charge in [-0.3, -0.25) is 4.79 Å². The molecule has 0 aliphatic rings. The van der Waals surface area contributed by atoms with E-state index in [0.717, 1.165) is 0 Å². The van der Waals surface area contributed by atoms with Crippen LogP contribution in [0.15, 0.2) is 0 Å². The topological polar surface area (TPSA) is 84.6 Å². The molecule has 5 nitrogen and oxygen atoms in total. The molecule has 2 atom stereocenters. The van der Waals surface area contributed by atoms with Crippen LogP contribution in [0, 0.1) is 0 Å². The highest BCUT2D eigenvalue weighted by molar-refractivity contribution is 5.81. The molecule has 0 aromatic heterocycles. The Kier molecular flexibility index (Phi) is 5.61. The van der Waals surface area contributed by atoms with Crippen LogP contribution in [0.5, 0.6) is 0 Å². The quantitative estimate of drug-likeness (QED) is 0.474. The number of methoxy groups -OCH3 is 1. The van der Waals surface area contributed by atoms with Crippen molar-refractivity contribution in [2.24, 2.45) is 5.73 Å². The third kappa shape index (κ3) is 5.06. The molecule has 0 saturated carbocycles. The molecule has 1 amide bonds. The maximum absolute atomic E-state index is 11.0. The number of aliphatic hydroxyl groups excluding tert-OH is 1. The van der Waals surface area contributed by atoms with Crippen molar-refractivity contribution < 1.29 is 14.6 Å². The first-order chi connectivity index (χ1) is 5.57. The third-order valence-electron chi connectivity index (χ3n) is 1.25. The van der Waals surface area contributed by atoms with E-state index in [2.05, 4.69) is 10.1 Å². The van der Waals surface area contributed by atoms with Crippen molar-refractivity contribution in [2.75, 3.05) is 20.3 Å².